The van der Waals surface area contributed by atoms with Gasteiger partial charge in [-0.05, 0) is 39.7 Å². The van der Waals surface area contributed by atoms with Gasteiger partial charge in [0.2, 0.25) is 5.91 Å². The molecule has 0 aromatic heterocycles. The number of hydrogen-bond acceptors (Lipinski definition) is 3. The summed E-state index contributed by atoms with van der Waals surface area (Å²) in [6, 6.07) is 0.976. The molecule has 2 unspecified atom stereocenters. The van der Waals surface area contributed by atoms with E-state index < -0.39 is 11.4 Å². The van der Waals surface area contributed by atoms with Crippen LogP contribution in [0.4, 0.5) is 0 Å². The number of primary amides is 1. The first kappa shape index (κ1) is 14.5. The van der Waals surface area contributed by atoms with Crippen LogP contribution in [0.3, 0.4) is 0 Å². The van der Waals surface area contributed by atoms with Gasteiger partial charge in [0.1, 0.15) is 0 Å². The maximum Gasteiger partial charge on any atom is 0.237 e. The Morgan fingerprint density at radius 1 is 1.47 bits per heavy atom. The number of nitrogens with two attached hydrogens (primary N) is 2. The second-order valence-corrected chi connectivity index (χ2v) is 5.60. The standard InChI is InChI=1S/C13H27N3O/c1-4-16(11-7-5-6-8-11)10(2)9-13(3,15)12(14)17/h10-11H,4-9,15H2,1-3H3,(H2,14,17). The topological polar surface area (TPSA) is 72.3 Å². The zero-order valence-corrected chi connectivity index (χ0v) is 11.4. The predicted octanol–water partition coefficient (Wildman–Crippen LogP) is 1.23. The molecule has 1 fully saturated rings. The molecular formula is C13H27N3O. The molecule has 1 aliphatic rings. The van der Waals surface area contributed by atoms with Crippen LogP contribution in [0.1, 0.15) is 52.9 Å². The van der Waals surface area contributed by atoms with E-state index in [1.165, 1.54) is 25.7 Å². The van der Waals surface area contributed by atoms with E-state index in [-0.39, 0.29) is 0 Å². The van der Waals surface area contributed by atoms with Crippen LogP contribution < -0.4 is 11.5 Å². The van der Waals surface area contributed by atoms with Crippen molar-refractivity contribution in [2.24, 2.45) is 11.5 Å². The molecule has 4 nitrogen and oxygen atoms in total. The van der Waals surface area contributed by atoms with E-state index in [0.29, 0.717) is 18.5 Å². The van der Waals surface area contributed by atoms with E-state index in [9.17, 15) is 4.79 Å². The lowest BCUT2D eigenvalue weighted by Gasteiger charge is -2.36. The van der Waals surface area contributed by atoms with Gasteiger partial charge in [-0.25, -0.2) is 0 Å². The van der Waals surface area contributed by atoms with Crippen molar-refractivity contribution in [3.05, 3.63) is 0 Å². The first-order valence-electron chi connectivity index (χ1n) is 6.73. The second-order valence-electron chi connectivity index (χ2n) is 5.60. The van der Waals surface area contributed by atoms with Crippen LogP contribution in [0, 0.1) is 0 Å². The van der Waals surface area contributed by atoms with Crippen molar-refractivity contribution in [1.29, 1.82) is 0 Å². The molecule has 0 saturated heterocycles. The lowest BCUT2D eigenvalue weighted by molar-refractivity contribution is -0.123. The number of carbonyl (C=O) groups excluding carboxylic acids is 1. The van der Waals surface area contributed by atoms with Gasteiger partial charge in [-0.3, -0.25) is 9.69 Å². The van der Waals surface area contributed by atoms with Gasteiger partial charge in [0, 0.05) is 12.1 Å². The summed E-state index contributed by atoms with van der Waals surface area (Å²) < 4.78 is 0. The number of hydrogen-bond donors (Lipinski definition) is 2. The Labute approximate surface area is 105 Å². The monoisotopic (exact) mass is 241 g/mol. The minimum atomic E-state index is -0.897. The van der Waals surface area contributed by atoms with Crippen molar-refractivity contribution in [3.8, 4) is 0 Å². The highest BCUT2D eigenvalue weighted by molar-refractivity contribution is 5.83. The zero-order valence-electron chi connectivity index (χ0n) is 11.4. The average Bonchev–Trinajstić information content (AvgIpc) is 2.71. The Hall–Kier alpha value is -0.610. The third-order valence-corrected chi connectivity index (χ3v) is 4.01. The quantitative estimate of drug-likeness (QED) is 0.734. The summed E-state index contributed by atoms with van der Waals surface area (Å²) in [6.45, 7) is 7.07. The molecule has 1 aliphatic carbocycles. The maximum atomic E-state index is 11.3. The van der Waals surface area contributed by atoms with E-state index >= 15 is 0 Å². The normalized spacial score (nSPS) is 22.6. The van der Waals surface area contributed by atoms with Crippen molar-refractivity contribution >= 4 is 5.91 Å². The Morgan fingerprint density at radius 2 is 2.00 bits per heavy atom. The van der Waals surface area contributed by atoms with Gasteiger partial charge in [-0.15, -0.1) is 0 Å². The van der Waals surface area contributed by atoms with Crippen LogP contribution in [-0.2, 0) is 4.79 Å². The second kappa shape index (κ2) is 5.83. The van der Waals surface area contributed by atoms with E-state index in [1.54, 1.807) is 6.92 Å². The van der Waals surface area contributed by atoms with Gasteiger partial charge in [0.25, 0.3) is 0 Å². The molecule has 1 amide bonds. The first-order valence-corrected chi connectivity index (χ1v) is 6.73. The van der Waals surface area contributed by atoms with E-state index in [4.69, 9.17) is 11.5 Å². The summed E-state index contributed by atoms with van der Waals surface area (Å²) in [6.07, 6.45) is 5.83. The maximum absolute atomic E-state index is 11.3. The fraction of sp³-hybridized carbons (Fsp3) is 0.923. The molecular weight excluding hydrogens is 214 g/mol. The van der Waals surface area contributed by atoms with E-state index in [2.05, 4.69) is 18.7 Å². The van der Waals surface area contributed by atoms with Crippen LogP contribution in [0.2, 0.25) is 0 Å². The molecule has 17 heavy (non-hydrogen) atoms. The molecule has 2 atom stereocenters. The number of rotatable bonds is 6. The summed E-state index contributed by atoms with van der Waals surface area (Å²) in [5.41, 5.74) is 10.4. The number of amides is 1. The lowest BCUT2D eigenvalue weighted by Crippen LogP contribution is -2.54. The minimum absolute atomic E-state index is 0.311. The van der Waals surface area contributed by atoms with Crippen molar-refractivity contribution in [2.75, 3.05) is 6.54 Å². The largest absolute Gasteiger partial charge is 0.368 e. The molecule has 0 heterocycles. The Bertz CT molecular complexity index is 259. The molecule has 0 aliphatic heterocycles. The molecule has 100 valence electrons. The molecule has 0 radical (unpaired) electrons. The first-order chi connectivity index (χ1) is 7.88. The van der Waals surface area contributed by atoms with Gasteiger partial charge in [0.15, 0.2) is 0 Å². The van der Waals surface area contributed by atoms with Gasteiger partial charge < -0.3 is 11.5 Å². The van der Waals surface area contributed by atoms with Gasteiger partial charge in [-0.2, -0.15) is 0 Å². The van der Waals surface area contributed by atoms with Gasteiger partial charge >= 0.3 is 0 Å². The van der Waals surface area contributed by atoms with Gasteiger partial charge in [-0.1, -0.05) is 19.8 Å². The van der Waals surface area contributed by atoms with Crippen molar-refractivity contribution in [3.63, 3.8) is 0 Å². The zero-order chi connectivity index (χ0) is 13.1. The fourth-order valence-corrected chi connectivity index (χ4v) is 3.00. The van der Waals surface area contributed by atoms with Crippen LogP contribution in [0.5, 0.6) is 0 Å². The van der Waals surface area contributed by atoms with Crippen LogP contribution in [0.25, 0.3) is 0 Å². The summed E-state index contributed by atoms with van der Waals surface area (Å²) >= 11 is 0. The molecule has 0 spiro atoms. The Kier molecular flexibility index (Phi) is 4.95. The van der Waals surface area contributed by atoms with Crippen LogP contribution in [0.15, 0.2) is 0 Å². The summed E-state index contributed by atoms with van der Waals surface area (Å²) in [4.78, 5) is 13.7. The lowest BCUT2D eigenvalue weighted by atomic mass is 9.92. The molecule has 4 heteroatoms. The summed E-state index contributed by atoms with van der Waals surface area (Å²) in [5, 5.41) is 0. The molecule has 4 N–H and O–H groups in total. The third-order valence-electron chi connectivity index (χ3n) is 4.01. The van der Waals surface area contributed by atoms with E-state index in [1.807, 2.05) is 0 Å². The van der Waals surface area contributed by atoms with Crippen LogP contribution in [-0.4, -0.2) is 35.0 Å². The molecule has 0 aromatic rings. The van der Waals surface area contributed by atoms with E-state index in [0.717, 1.165) is 6.54 Å². The molecule has 0 aromatic carbocycles. The summed E-state index contributed by atoms with van der Waals surface area (Å²) in [7, 11) is 0. The minimum Gasteiger partial charge on any atom is -0.368 e. The van der Waals surface area contributed by atoms with Crippen molar-refractivity contribution in [2.45, 2.75) is 70.5 Å². The fourth-order valence-electron chi connectivity index (χ4n) is 3.00. The number of carbonyl (C=O) groups is 1. The van der Waals surface area contributed by atoms with Crippen molar-refractivity contribution < 1.29 is 4.79 Å². The highest BCUT2D eigenvalue weighted by atomic mass is 16.1. The Morgan fingerprint density at radius 3 is 2.41 bits per heavy atom. The molecule has 1 saturated carbocycles. The number of nitrogens with zero attached hydrogens (tertiary/aromatic N) is 1. The molecule has 1 rings (SSSR count). The van der Waals surface area contributed by atoms with Gasteiger partial charge in [0.05, 0.1) is 5.54 Å². The van der Waals surface area contributed by atoms with Crippen LogP contribution >= 0.6 is 0 Å². The highest BCUT2D eigenvalue weighted by Gasteiger charge is 2.32. The Balaban J connectivity index is 2.60. The smallest absolute Gasteiger partial charge is 0.237 e. The van der Waals surface area contributed by atoms with Crippen molar-refractivity contribution in [1.82, 2.24) is 4.90 Å². The molecule has 0 bridgehead atoms. The highest BCUT2D eigenvalue weighted by Crippen LogP contribution is 2.26. The average molecular weight is 241 g/mol. The SMILES string of the molecule is CCN(C(C)CC(C)(N)C(N)=O)C1CCCC1. The third kappa shape index (κ3) is 3.68. The summed E-state index contributed by atoms with van der Waals surface area (Å²) in [5.74, 6) is -0.410. The predicted molar refractivity (Wildman–Crippen MR) is 70.5 cm³/mol.